The van der Waals surface area contributed by atoms with Gasteiger partial charge in [-0.15, -0.1) is 11.3 Å². The number of benzene rings is 3. The summed E-state index contributed by atoms with van der Waals surface area (Å²) in [5, 5.41) is 3.98. The highest BCUT2D eigenvalue weighted by molar-refractivity contribution is 7.22. The van der Waals surface area contributed by atoms with Crippen molar-refractivity contribution in [3.05, 3.63) is 96.3 Å². The highest BCUT2D eigenvalue weighted by Gasteiger charge is 2.25. The number of urea groups is 1. The molecular weight excluding hydrogens is 497 g/mol. The molecule has 0 aliphatic carbocycles. The van der Waals surface area contributed by atoms with E-state index in [1.54, 1.807) is 23.5 Å². The van der Waals surface area contributed by atoms with E-state index in [9.17, 15) is 9.18 Å². The molecule has 2 aromatic heterocycles. The van der Waals surface area contributed by atoms with E-state index in [4.69, 9.17) is 9.97 Å². The average molecular weight is 524 g/mol. The molecule has 0 atom stereocenters. The first kappa shape index (κ1) is 24.1. The Bertz CT molecular complexity index is 1590. The van der Waals surface area contributed by atoms with Crippen molar-refractivity contribution in [3.63, 3.8) is 0 Å². The number of hydrogen-bond donors (Lipinski definition) is 1. The SMILES string of the molecule is Cc1cccc(NC(=O)N2CCN(c3nc(-c4ccccc4)nc4sc(-c5ccc(F)cc5)cc34)CC2)c1. The monoisotopic (exact) mass is 523 g/mol. The molecule has 1 N–H and O–H groups in total. The lowest BCUT2D eigenvalue weighted by Crippen LogP contribution is -2.50. The molecule has 38 heavy (non-hydrogen) atoms. The Balaban J connectivity index is 1.29. The van der Waals surface area contributed by atoms with Crippen molar-refractivity contribution in [1.29, 1.82) is 0 Å². The molecule has 5 aromatic rings. The largest absolute Gasteiger partial charge is 0.352 e. The molecule has 190 valence electrons. The predicted octanol–water partition coefficient (Wildman–Crippen LogP) is 6.83. The lowest BCUT2D eigenvalue weighted by atomic mass is 10.1. The van der Waals surface area contributed by atoms with E-state index < -0.39 is 0 Å². The molecule has 0 spiro atoms. The van der Waals surface area contributed by atoms with Gasteiger partial charge in [0.25, 0.3) is 0 Å². The fraction of sp³-hybridized carbons (Fsp3) is 0.167. The fourth-order valence-corrected chi connectivity index (χ4v) is 5.70. The number of amides is 2. The van der Waals surface area contributed by atoms with Gasteiger partial charge in [0.05, 0.1) is 5.39 Å². The Morgan fingerprint density at radius 3 is 2.37 bits per heavy atom. The minimum Gasteiger partial charge on any atom is -0.352 e. The zero-order valence-corrected chi connectivity index (χ0v) is 21.7. The molecule has 1 aliphatic rings. The molecular formula is C30H26FN5OS. The smallest absolute Gasteiger partial charge is 0.321 e. The maximum atomic E-state index is 13.5. The molecule has 0 radical (unpaired) electrons. The van der Waals surface area contributed by atoms with Gasteiger partial charge in [-0.3, -0.25) is 0 Å². The highest BCUT2D eigenvalue weighted by Crippen LogP contribution is 2.38. The van der Waals surface area contributed by atoms with Crippen LogP contribution in [0.5, 0.6) is 0 Å². The van der Waals surface area contributed by atoms with Crippen LogP contribution >= 0.6 is 11.3 Å². The van der Waals surface area contributed by atoms with Crippen molar-refractivity contribution in [2.75, 3.05) is 36.4 Å². The maximum Gasteiger partial charge on any atom is 0.321 e. The second kappa shape index (κ2) is 10.2. The molecule has 2 amide bonds. The number of aromatic nitrogens is 2. The van der Waals surface area contributed by atoms with Gasteiger partial charge in [-0.25, -0.2) is 19.2 Å². The van der Waals surface area contributed by atoms with Gasteiger partial charge in [0.15, 0.2) is 5.82 Å². The van der Waals surface area contributed by atoms with Crippen molar-refractivity contribution in [2.45, 2.75) is 6.92 Å². The standard InChI is InChI=1S/C30H26FN5OS/c1-20-6-5-9-24(18-20)32-30(37)36-16-14-35(15-17-36)28-25-19-26(21-10-12-23(31)13-11-21)38-29(25)34-27(33-28)22-7-3-2-4-8-22/h2-13,18-19H,14-17H2,1H3,(H,32,37). The second-order valence-electron chi connectivity index (χ2n) is 9.35. The Morgan fingerprint density at radius 2 is 1.63 bits per heavy atom. The number of thiophene rings is 1. The summed E-state index contributed by atoms with van der Waals surface area (Å²) in [6.45, 7) is 4.48. The Morgan fingerprint density at radius 1 is 0.868 bits per heavy atom. The first-order chi connectivity index (χ1) is 18.5. The maximum absolute atomic E-state index is 13.5. The molecule has 1 fully saturated rings. The van der Waals surface area contributed by atoms with E-state index in [2.05, 4.69) is 16.3 Å². The lowest BCUT2D eigenvalue weighted by Gasteiger charge is -2.35. The summed E-state index contributed by atoms with van der Waals surface area (Å²) in [5.74, 6) is 1.27. The van der Waals surface area contributed by atoms with Crippen molar-refractivity contribution >= 4 is 39.1 Å². The van der Waals surface area contributed by atoms with E-state index in [1.807, 2.05) is 66.4 Å². The minimum atomic E-state index is -0.258. The van der Waals surface area contributed by atoms with Crippen molar-refractivity contribution in [3.8, 4) is 21.8 Å². The number of piperazine rings is 1. The number of carbonyl (C=O) groups is 1. The Hall–Kier alpha value is -4.30. The number of rotatable bonds is 4. The van der Waals surface area contributed by atoms with Gasteiger partial charge in [-0.1, -0.05) is 54.6 Å². The summed E-state index contributed by atoms with van der Waals surface area (Å²) in [6, 6.07) is 26.3. The third-order valence-electron chi connectivity index (χ3n) is 6.67. The summed E-state index contributed by atoms with van der Waals surface area (Å²) >= 11 is 1.58. The summed E-state index contributed by atoms with van der Waals surface area (Å²) in [5.41, 5.74) is 3.79. The second-order valence-corrected chi connectivity index (χ2v) is 10.4. The molecule has 3 aromatic carbocycles. The van der Waals surface area contributed by atoms with Gasteiger partial charge in [0.1, 0.15) is 16.5 Å². The molecule has 0 unspecified atom stereocenters. The lowest BCUT2D eigenvalue weighted by molar-refractivity contribution is 0.208. The van der Waals surface area contributed by atoms with E-state index >= 15 is 0 Å². The van der Waals surface area contributed by atoms with Crippen LogP contribution in [0, 0.1) is 12.7 Å². The number of halogens is 1. The van der Waals surface area contributed by atoms with Gasteiger partial charge >= 0.3 is 6.03 Å². The zero-order chi connectivity index (χ0) is 26.1. The van der Waals surface area contributed by atoms with Gasteiger partial charge in [0, 0.05) is 42.3 Å². The van der Waals surface area contributed by atoms with Crippen LogP contribution in [0.4, 0.5) is 20.7 Å². The minimum absolute atomic E-state index is 0.0952. The number of aryl methyl sites for hydroxylation is 1. The average Bonchev–Trinajstić information content (AvgIpc) is 3.38. The normalized spacial score (nSPS) is 13.6. The predicted molar refractivity (Wildman–Crippen MR) is 152 cm³/mol. The molecule has 8 heteroatoms. The molecule has 1 saturated heterocycles. The van der Waals surface area contributed by atoms with Gasteiger partial charge in [-0.2, -0.15) is 0 Å². The molecule has 1 aliphatic heterocycles. The first-order valence-corrected chi connectivity index (χ1v) is 13.4. The van der Waals surface area contributed by atoms with Crippen LogP contribution in [0.2, 0.25) is 0 Å². The van der Waals surface area contributed by atoms with Crippen LogP contribution in [0.1, 0.15) is 5.56 Å². The number of anilines is 2. The number of nitrogens with zero attached hydrogens (tertiary/aromatic N) is 4. The zero-order valence-electron chi connectivity index (χ0n) is 20.9. The van der Waals surface area contributed by atoms with Crippen molar-refractivity contribution < 1.29 is 9.18 Å². The number of fused-ring (bicyclic) bond motifs is 1. The number of nitrogens with one attached hydrogen (secondary N) is 1. The molecule has 3 heterocycles. The summed E-state index contributed by atoms with van der Waals surface area (Å²) in [7, 11) is 0. The van der Waals surface area contributed by atoms with E-state index in [0.717, 1.165) is 43.3 Å². The Labute approximate surface area is 224 Å². The van der Waals surface area contributed by atoms with Gasteiger partial charge < -0.3 is 15.1 Å². The summed E-state index contributed by atoms with van der Waals surface area (Å²) < 4.78 is 13.5. The van der Waals surface area contributed by atoms with Crippen LogP contribution in [0.3, 0.4) is 0 Å². The molecule has 0 bridgehead atoms. The van der Waals surface area contributed by atoms with Gasteiger partial charge in [-0.05, 0) is 48.4 Å². The van der Waals surface area contributed by atoms with Crippen molar-refractivity contribution in [1.82, 2.24) is 14.9 Å². The van der Waals surface area contributed by atoms with Crippen LogP contribution in [-0.4, -0.2) is 47.1 Å². The van der Waals surface area contributed by atoms with Crippen LogP contribution in [0.15, 0.2) is 84.9 Å². The molecule has 6 rings (SSSR count). The third-order valence-corrected chi connectivity index (χ3v) is 7.75. The van der Waals surface area contributed by atoms with E-state index in [1.165, 1.54) is 12.1 Å². The van der Waals surface area contributed by atoms with Crippen LogP contribution in [-0.2, 0) is 0 Å². The highest BCUT2D eigenvalue weighted by atomic mass is 32.1. The van der Waals surface area contributed by atoms with Crippen LogP contribution in [0.25, 0.3) is 32.0 Å². The summed E-state index contributed by atoms with van der Waals surface area (Å²) in [6.07, 6.45) is 0. The topological polar surface area (TPSA) is 61.4 Å². The molecule has 0 saturated carbocycles. The quantitative estimate of drug-likeness (QED) is 0.281. The van der Waals surface area contributed by atoms with E-state index in [-0.39, 0.29) is 11.8 Å². The van der Waals surface area contributed by atoms with E-state index in [0.29, 0.717) is 32.0 Å². The van der Waals surface area contributed by atoms with Crippen LogP contribution < -0.4 is 10.2 Å². The first-order valence-electron chi connectivity index (χ1n) is 12.5. The van der Waals surface area contributed by atoms with Crippen molar-refractivity contribution in [2.24, 2.45) is 0 Å². The fourth-order valence-electron chi connectivity index (χ4n) is 4.67. The number of carbonyl (C=O) groups excluding carboxylic acids is 1. The third kappa shape index (κ3) is 4.95. The Kier molecular flexibility index (Phi) is 6.47. The number of hydrogen-bond acceptors (Lipinski definition) is 5. The van der Waals surface area contributed by atoms with Gasteiger partial charge in [0.2, 0.25) is 0 Å². The summed E-state index contributed by atoms with van der Waals surface area (Å²) in [4.78, 5) is 28.8. The molecule has 6 nitrogen and oxygen atoms in total.